The van der Waals surface area contributed by atoms with E-state index < -0.39 is 0 Å². The second-order valence-electron chi connectivity index (χ2n) is 5.39. The molecule has 1 heterocycles. The van der Waals surface area contributed by atoms with Crippen LogP contribution < -0.4 is 5.32 Å². The molecule has 0 radical (unpaired) electrons. The number of nitrogens with one attached hydrogen (secondary N) is 1. The predicted molar refractivity (Wildman–Crippen MR) is 71.7 cm³/mol. The number of fused-ring (bicyclic) bond motifs is 1. The fraction of sp³-hybridized carbons (Fsp3) is 0.467. The molecule has 2 amide bonds. The van der Waals surface area contributed by atoms with Crippen LogP contribution in [0.15, 0.2) is 24.3 Å². The standard InChI is InChI=1S/C15H18N2O2/c1-17-14(18)7-6-13(15(17)19)16-9-11-8-10-4-2-3-5-12(10)11/h2-5,11,13,16H,6-9H2,1H3. The number of likely N-dealkylation sites (N-methyl/N-ethyl adjacent to an activating group) is 1. The lowest BCUT2D eigenvalue weighted by Crippen LogP contribution is -2.52. The maximum absolute atomic E-state index is 11.9. The summed E-state index contributed by atoms with van der Waals surface area (Å²) in [5.41, 5.74) is 2.80. The minimum Gasteiger partial charge on any atom is -0.305 e. The molecule has 1 N–H and O–H groups in total. The predicted octanol–water partition coefficient (Wildman–Crippen LogP) is 1.06. The van der Waals surface area contributed by atoms with E-state index in [0.29, 0.717) is 18.8 Å². The lowest BCUT2D eigenvalue weighted by Gasteiger charge is -2.33. The van der Waals surface area contributed by atoms with Gasteiger partial charge < -0.3 is 5.32 Å². The van der Waals surface area contributed by atoms with E-state index in [4.69, 9.17) is 0 Å². The van der Waals surface area contributed by atoms with Gasteiger partial charge in [-0.3, -0.25) is 14.5 Å². The quantitative estimate of drug-likeness (QED) is 0.825. The molecule has 4 nitrogen and oxygen atoms in total. The first-order valence-corrected chi connectivity index (χ1v) is 6.78. The Balaban J connectivity index is 1.57. The molecule has 1 aromatic carbocycles. The number of nitrogens with zero attached hydrogens (tertiary/aromatic N) is 1. The van der Waals surface area contributed by atoms with E-state index in [1.54, 1.807) is 7.05 Å². The zero-order valence-corrected chi connectivity index (χ0v) is 11.1. The maximum atomic E-state index is 11.9. The molecule has 1 fully saturated rings. The topological polar surface area (TPSA) is 49.4 Å². The first kappa shape index (κ1) is 12.4. The highest BCUT2D eigenvalue weighted by atomic mass is 16.2. The largest absolute Gasteiger partial charge is 0.305 e. The van der Waals surface area contributed by atoms with Crippen molar-refractivity contribution in [2.75, 3.05) is 13.6 Å². The van der Waals surface area contributed by atoms with Crippen molar-refractivity contribution < 1.29 is 9.59 Å². The highest BCUT2D eigenvalue weighted by Crippen LogP contribution is 2.34. The van der Waals surface area contributed by atoms with Crippen LogP contribution in [-0.4, -0.2) is 36.3 Å². The fourth-order valence-corrected chi connectivity index (χ4v) is 2.93. The van der Waals surface area contributed by atoms with Gasteiger partial charge in [0.05, 0.1) is 6.04 Å². The molecule has 1 aliphatic carbocycles. The van der Waals surface area contributed by atoms with Crippen molar-refractivity contribution in [2.24, 2.45) is 0 Å². The van der Waals surface area contributed by atoms with Crippen LogP contribution in [0.4, 0.5) is 0 Å². The molecule has 3 rings (SSSR count). The van der Waals surface area contributed by atoms with Crippen molar-refractivity contribution in [3.8, 4) is 0 Å². The van der Waals surface area contributed by atoms with Crippen LogP contribution in [0, 0.1) is 0 Å². The normalized spacial score (nSPS) is 26.1. The summed E-state index contributed by atoms with van der Waals surface area (Å²) in [5.74, 6) is 0.341. The minimum absolute atomic E-state index is 0.0722. The van der Waals surface area contributed by atoms with Gasteiger partial charge in [-0.2, -0.15) is 0 Å². The number of carbonyl (C=O) groups excluding carboxylic acids is 2. The van der Waals surface area contributed by atoms with Gasteiger partial charge in [0.1, 0.15) is 0 Å². The summed E-state index contributed by atoms with van der Waals surface area (Å²) in [7, 11) is 1.57. The van der Waals surface area contributed by atoms with Gasteiger partial charge in [-0.15, -0.1) is 0 Å². The molecular weight excluding hydrogens is 240 g/mol. The molecule has 2 aliphatic rings. The third-order valence-electron chi connectivity index (χ3n) is 4.22. The summed E-state index contributed by atoms with van der Waals surface area (Å²) >= 11 is 0. The van der Waals surface area contributed by atoms with Crippen molar-refractivity contribution in [2.45, 2.75) is 31.2 Å². The SMILES string of the molecule is CN1C(=O)CCC(NCC2Cc3ccccc32)C1=O. The summed E-state index contributed by atoms with van der Waals surface area (Å²) in [6.07, 6.45) is 2.16. The Morgan fingerprint density at radius 1 is 1.32 bits per heavy atom. The summed E-state index contributed by atoms with van der Waals surface area (Å²) in [4.78, 5) is 24.6. The summed E-state index contributed by atoms with van der Waals surface area (Å²) < 4.78 is 0. The molecule has 0 saturated carbocycles. The van der Waals surface area contributed by atoms with Crippen LogP contribution in [-0.2, 0) is 16.0 Å². The molecule has 1 saturated heterocycles. The Kier molecular flexibility index (Phi) is 3.11. The molecule has 19 heavy (non-hydrogen) atoms. The van der Waals surface area contributed by atoms with Gasteiger partial charge in [-0.25, -0.2) is 0 Å². The number of hydrogen-bond acceptors (Lipinski definition) is 3. The van der Waals surface area contributed by atoms with E-state index in [2.05, 4.69) is 29.6 Å². The van der Waals surface area contributed by atoms with E-state index in [9.17, 15) is 9.59 Å². The molecule has 0 spiro atoms. The fourth-order valence-electron chi connectivity index (χ4n) is 2.93. The number of benzene rings is 1. The molecule has 2 unspecified atom stereocenters. The molecule has 2 atom stereocenters. The number of imide groups is 1. The number of hydrogen-bond donors (Lipinski definition) is 1. The van der Waals surface area contributed by atoms with Crippen molar-refractivity contribution in [3.63, 3.8) is 0 Å². The average Bonchev–Trinajstić information content (AvgIpc) is 2.39. The van der Waals surface area contributed by atoms with Gasteiger partial charge in [-0.1, -0.05) is 24.3 Å². The van der Waals surface area contributed by atoms with Crippen LogP contribution in [0.1, 0.15) is 29.9 Å². The summed E-state index contributed by atoms with van der Waals surface area (Å²) in [6, 6.07) is 8.24. The Morgan fingerprint density at radius 2 is 2.11 bits per heavy atom. The van der Waals surface area contributed by atoms with Gasteiger partial charge >= 0.3 is 0 Å². The highest BCUT2D eigenvalue weighted by molar-refractivity contribution is 6.00. The second kappa shape index (κ2) is 4.78. The number of rotatable bonds is 3. The van der Waals surface area contributed by atoms with Crippen molar-refractivity contribution >= 4 is 11.8 Å². The van der Waals surface area contributed by atoms with Crippen LogP contribution >= 0.6 is 0 Å². The smallest absolute Gasteiger partial charge is 0.246 e. The maximum Gasteiger partial charge on any atom is 0.246 e. The molecule has 100 valence electrons. The van der Waals surface area contributed by atoms with Gasteiger partial charge in [0.15, 0.2) is 0 Å². The van der Waals surface area contributed by atoms with E-state index in [-0.39, 0.29) is 17.9 Å². The molecule has 0 bridgehead atoms. The first-order chi connectivity index (χ1) is 9.16. The van der Waals surface area contributed by atoms with E-state index in [1.807, 2.05) is 0 Å². The third-order valence-corrected chi connectivity index (χ3v) is 4.22. The van der Waals surface area contributed by atoms with Crippen molar-refractivity contribution in [1.82, 2.24) is 10.2 Å². The number of carbonyl (C=O) groups is 2. The Hall–Kier alpha value is -1.68. The van der Waals surface area contributed by atoms with Gasteiger partial charge in [0.2, 0.25) is 11.8 Å². The second-order valence-corrected chi connectivity index (χ2v) is 5.39. The lowest BCUT2D eigenvalue weighted by molar-refractivity contribution is -0.148. The first-order valence-electron chi connectivity index (χ1n) is 6.78. The Morgan fingerprint density at radius 3 is 2.89 bits per heavy atom. The highest BCUT2D eigenvalue weighted by Gasteiger charge is 2.33. The molecule has 1 aromatic rings. The molecule has 1 aliphatic heterocycles. The number of piperidine rings is 1. The summed E-state index contributed by atoms with van der Waals surface area (Å²) in [5, 5.41) is 3.32. The van der Waals surface area contributed by atoms with E-state index in [1.165, 1.54) is 16.0 Å². The average molecular weight is 258 g/mol. The Labute approximate surface area is 112 Å². The van der Waals surface area contributed by atoms with Crippen LogP contribution in [0.25, 0.3) is 0 Å². The van der Waals surface area contributed by atoms with Crippen molar-refractivity contribution in [1.29, 1.82) is 0 Å². The number of amides is 2. The van der Waals surface area contributed by atoms with E-state index in [0.717, 1.165) is 13.0 Å². The third kappa shape index (κ3) is 2.16. The monoisotopic (exact) mass is 258 g/mol. The minimum atomic E-state index is -0.199. The van der Waals surface area contributed by atoms with Crippen LogP contribution in [0.2, 0.25) is 0 Å². The Bertz CT molecular complexity index is 527. The van der Waals surface area contributed by atoms with Gasteiger partial charge in [0.25, 0.3) is 0 Å². The van der Waals surface area contributed by atoms with Gasteiger partial charge in [0, 0.05) is 25.9 Å². The van der Waals surface area contributed by atoms with E-state index >= 15 is 0 Å². The summed E-state index contributed by atoms with van der Waals surface area (Å²) in [6.45, 7) is 0.815. The zero-order valence-electron chi connectivity index (χ0n) is 11.1. The van der Waals surface area contributed by atoms with Crippen LogP contribution in [0.5, 0.6) is 0 Å². The number of likely N-dealkylation sites (tertiary alicyclic amines) is 1. The van der Waals surface area contributed by atoms with Gasteiger partial charge in [-0.05, 0) is 24.0 Å². The molecular formula is C15H18N2O2. The molecule has 4 heteroatoms. The van der Waals surface area contributed by atoms with Crippen molar-refractivity contribution in [3.05, 3.63) is 35.4 Å². The molecule has 0 aromatic heterocycles. The zero-order chi connectivity index (χ0) is 13.4. The van der Waals surface area contributed by atoms with Crippen LogP contribution in [0.3, 0.4) is 0 Å². The lowest BCUT2D eigenvalue weighted by atomic mass is 9.77.